The van der Waals surface area contributed by atoms with Crippen LogP contribution in [0.5, 0.6) is 5.75 Å². The highest BCUT2D eigenvalue weighted by atomic mass is 32.2. The van der Waals surface area contributed by atoms with Crippen molar-refractivity contribution in [3.05, 3.63) is 18.2 Å². The molecule has 2 N–H and O–H groups in total. The fourth-order valence-electron chi connectivity index (χ4n) is 1.78. The molecule has 6 nitrogen and oxygen atoms in total. The molecule has 0 radical (unpaired) electrons. The normalized spacial score (nSPS) is 11.7. The van der Waals surface area contributed by atoms with Gasteiger partial charge in [-0.05, 0) is 31.5 Å². The van der Waals surface area contributed by atoms with E-state index in [1.165, 1.54) is 0 Å². The summed E-state index contributed by atoms with van der Waals surface area (Å²) in [5.74, 6) is 0.845. The van der Waals surface area contributed by atoms with Gasteiger partial charge in [0.05, 0.1) is 23.1 Å². The summed E-state index contributed by atoms with van der Waals surface area (Å²) in [5, 5.41) is 4.04. The topological polar surface area (TPSA) is 80.3 Å². The average Bonchev–Trinajstić information content (AvgIpc) is 2.79. The Morgan fingerprint density at radius 2 is 2.14 bits per heavy atom. The van der Waals surface area contributed by atoms with Crippen LogP contribution in [0.4, 0.5) is 5.13 Å². The molecular formula is C13H19N3O3S2. The molecule has 0 amide bonds. The van der Waals surface area contributed by atoms with E-state index < -0.39 is 10.0 Å². The first-order chi connectivity index (χ1) is 9.98. The van der Waals surface area contributed by atoms with Gasteiger partial charge in [-0.3, -0.25) is 0 Å². The lowest BCUT2D eigenvalue weighted by Gasteiger charge is -2.03. The highest BCUT2D eigenvalue weighted by Gasteiger charge is 2.05. The fourth-order valence-corrected chi connectivity index (χ4v) is 3.21. The third-order valence-electron chi connectivity index (χ3n) is 2.66. The van der Waals surface area contributed by atoms with Crippen LogP contribution in [0.2, 0.25) is 0 Å². The Morgan fingerprint density at radius 3 is 2.86 bits per heavy atom. The molecule has 0 atom stereocenters. The Balaban J connectivity index is 1.88. The van der Waals surface area contributed by atoms with E-state index in [1.54, 1.807) is 11.3 Å². The van der Waals surface area contributed by atoms with Gasteiger partial charge in [-0.2, -0.15) is 0 Å². The molecule has 0 saturated carbocycles. The molecule has 1 heterocycles. The van der Waals surface area contributed by atoms with E-state index in [9.17, 15) is 8.42 Å². The van der Waals surface area contributed by atoms with Gasteiger partial charge in [0.2, 0.25) is 10.0 Å². The van der Waals surface area contributed by atoms with Crippen LogP contribution < -0.4 is 14.8 Å². The summed E-state index contributed by atoms with van der Waals surface area (Å²) < 4.78 is 30.8. The third kappa shape index (κ3) is 5.14. The summed E-state index contributed by atoms with van der Waals surface area (Å²) in [6, 6.07) is 5.82. The summed E-state index contributed by atoms with van der Waals surface area (Å²) in [6.07, 6.45) is 1.86. The number of hydrogen-bond acceptors (Lipinski definition) is 6. The minimum absolute atomic E-state index is 0.422. The molecule has 0 bridgehead atoms. The van der Waals surface area contributed by atoms with Crippen molar-refractivity contribution >= 4 is 36.7 Å². The van der Waals surface area contributed by atoms with Gasteiger partial charge in [0.15, 0.2) is 5.13 Å². The van der Waals surface area contributed by atoms with Gasteiger partial charge in [-0.25, -0.2) is 18.1 Å². The summed E-state index contributed by atoms with van der Waals surface area (Å²) in [6.45, 7) is 3.68. The van der Waals surface area contributed by atoms with Crippen LogP contribution in [-0.2, 0) is 10.0 Å². The zero-order valence-electron chi connectivity index (χ0n) is 12.0. The molecule has 0 spiro atoms. The molecule has 0 fully saturated rings. The number of sulfonamides is 1. The maximum atomic E-state index is 10.9. The van der Waals surface area contributed by atoms with Gasteiger partial charge in [0.25, 0.3) is 0 Å². The number of nitrogens with one attached hydrogen (secondary N) is 2. The molecule has 21 heavy (non-hydrogen) atoms. The number of hydrogen-bond donors (Lipinski definition) is 2. The van der Waals surface area contributed by atoms with E-state index in [4.69, 9.17) is 4.74 Å². The molecule has 1 aromatic heterocycles. The molecule has 1 aromatic carbocycles. The first kappa shape index (κ1) is 16.0. The molecule has 0 aliphatic heterocycles. The zero-order chi connectivity index (χ0) is 15.3. The Hall–Kier alpha value is -1.38. The molecule has 0 saturated heterocycles. The highest BCUT2D eigenvalue weighted by molar-refractivity contribution is 7.88. The van der Waals surface area contributed by atoms with Crippen molar-refractivity contribution in [1.82, 2.24) is 9.71 Å². The van der Waals surface area contributed by atoms with Gasteiger partial charge in [-0.15, -0.1) is 0 Å². The minimum Gasteiger partial charge on any atom is -0.494 e. The van der Waals surface area contributed by atoms with Crippen LogP contribution >= 0.6 is 11.3 Å². The van der Waals surface area contributed by atoms with Crippen molar-refractivity contribution < 1.29 is 13.2 Å². The largest absolute Gasteiger partial charge is 0.494 e. The number of ether oxygens (including phenoxy) is 1. The first-order valence-corrected chi connectivity index (χ1v) is 9.40. The molecule has 2 rings (SSSR count). The molecule has 0 unspecified atom stereocenters. The quantitative estimate of drug-likeness (QED) is 0.725. The number of fused-ring (bicyclic) bond motifs is 1. The zero-order valence-corrected chi connectivity index (χ0v) is 13.7. The van der Waals surface area contributed by atoms with Gasteiger partial charge in [-0.1, -0.05) is 11.3 Å². The van der Waals surface area contributed by atoms with Gasteiger partial charge < -0.3 is 10.1 Å². The lowest BCUT2D eigenvalue weighted by Crippen LogP contribution is -2.24. The van der Waals surface area contributed by atoms with E-state index in [2.05, 4.69) is 15.0 Å². The monoisotopic (exact) mass is 329 g/mol. The fraction of sp³-hybridized carbons (Fsp3) is 0.462. The van der Waals surface area contributed by atoms with Crippen molar-refractivity contribution in [3.8, 4) is 5.75 Å². The SMILES string of the molecule is CCOc1ccc2nc(NCCCNS(C)(=O)=O)sc2c1. The Labute approximate surface area is 128 Å². The van der Waals surface area contributed by atoms with Crippen molar-refractivity contribution in [2.75, 3.05) is 31.3 Å². The van der Waals surface area contributed by atoms with E-state index in [-0.39, 0.29) is 0 Å². The van der Waals surface area contributed by atoms with Crippen LogP contribution in [0.25, 0.3) is 10.2 Å². The van der Waals surface area contributed by atoms with E-state index in [0.717, 1.165) is 27.4 Å². The molecule has 2 aromatic rings. The lowest BCUT2D eigenvalue weighted by molar-refractivity contribution is 0.341. The molecule has 0 aliphatic rings. The van der Waals surface area contributed by atoms with Gasteiger partial charge in [0, 0.05) is 13.1 Å². The van der Waals surface area contributed by atoms with E-state index >= 15 is 0 Å². The predicted octanol–water partition coefficient (Wildman–Crippen LogP) is 2.05. The van der Waals surface area contributed by atoms with Gasteiger partial charge >= 0.3 is 0 Å². The minimum atomic E-state index is -3.10. The second-order valence-corrected chi connectivity index (χ2v) is 7.39. The standard InChI is InChI=1S/C13H19N3O3S2/c1-3-19-10-5-6-11-12(9-10)20-13(16-11)14-7-4-8-15-21(2,17)18/h5-6,9,15H,3-4,7-8H2,1-2H3,(H,14,16). The predicted molar refractivity (Wildman–Crippen MR) is 86.7 cm³/mol. The Morgan fingerprint density at radius 1 is 1.33 bits per heavy atom. The van der Waals surface area contributed by atoms with Crippen LogP contribution in [0.1, 0.15) is 13.3 Å². The number of benzene rings is 1. The van der Waals surface area contributed by atoms with Crippen LogP contribution in [0.15, 0.2) is 18.2 Å². The van der Waals surface area contributed by atoms with Crippen molar-refractivity contribution in [2.45, 2.75) is 13.3 Å². The second kappa shape index (κ2) is 7.06. The molecule has 8 heteroatoms. The highest BCUT2D eigenvalue weighted by Crippen LogP contribution is 2.29. The maximum Gasteiger partial charge on any atom is 0.208 e. The van der Waals surface area contributed by atoms with Crippen molar-refractivity contribution in [3.63, 3.8) is 0 Å². The smallest absolute Gasteiger partial charge is 0.208 e. The van der Waals surface area contributed by atoms with E-state index in [1.807, 2.05) is 25.1 Å². The van der Waals surface area contributed by atoms with Crippen molar-refractivity contribution in [2.24, 2.45) is 0 Å². The molecule has 116 valence electrons. The first-order valence-electron chi connectivity index (χ1n) is 6.70. The van der Waals surface area contributed by atoms with Crippen LogP contribution in [-0.4, -0.2) is 39.4 Å². The summed E-state index contributed by atoms with van der Waals surface area (Å²) >= 11 is 1.56. The van der Waals surface area contributed by atoms with E-state index in [0.29, 0.717) is 26.1 Å². The Bertz CT molecular complexity index is 698. The summed E-state index contributed by atoms with van der Waals surface area (Å²) in [7, 11) is -3.10. The number of aromatic nitrogens is 1. The van der Waals surface area contributed by atoms with Crippen molar-refractivity contribution in [1.29, 1.82) is 0 Å². The number of thiazole rings is 1. The van der Waals surface area contributed by atoms with Crippen LogP contribution in [0, 0.1) is 0 Å². The number of anilines is 1. The number of nitrogens with zero attached hydrogens (tertiary/aromatic N) is 1. The summed E-state index contributed by atoms with van der Waals surface area (Å²) in [4.78, 5) is 4.47. The second-order valence-electron chi connectivity index (χ2n) is 4.53. The van der Waals surface area contributed by atoms with Crippen LogP contribution in [0.3, 0.4) is 0 Å². The molecule has 0 aliphatic carbocycles. The maximum absolute atomic E-state index is 10.9. The average molecular weight is 329 g/mol. The Kier molecular flexibility index (Phi) is 5.38. The summed E-state index contributed by atoms with van der Waals surface area (Å²) in [5.41, 5.74) is 0.931. The third-order valence-corrected chi connectivity index (χ3v) is 4.37. The molecular weight excluding hydrogens is 310 g/mol. The van der Waals surface area contributed by atoms with Gasteiger partial charge in [0.1, 0.15) is 5.75 Å². The lowest BCUT2D eigenvalue weighted by atomic mass is 10.3. The number of rotatable bonds is 8.